The lowest BCUT2D eigenvalue weighted by atomic mass is 9.92. The lowest BCUT2D eigenvalue weighted by Crippen LogP contribution is -2.30. The second-order valence-corrected chi connectivity index (χ2v) is 9.45. The van der Waals surface area contributed by atoms with E-state index in [4.69, 9.17) is 4.74 Å². The van der Waals surface area contributed by atoms with Crippen LogP contribution < -0.4 is 5.32 Å². The molecule has 7 nitrogen and oxygen atoms in total. The van der Waals surface area contributed by atoms with E-state index in [-0.39, 0.29) is 16.7 Å². The smallest absolute Gasteiger partial charge is 0.306 e. The van der Waals surface area contributed by atoms with E-state index in [1.165, 1.54) is 16.4 Å². The monoisotopic (exact) mass is 398 g/mol. The van der Waals surface area contributed by atoms with Gasteiger partial charge in [-0.05, 0) is 30.0 Å². The average Bonchev–Trinajstić information content (AvgIpc) is 2.54. The zero-order chi connectivity index (χ0) is 20.8. The maximum Gasteiger partial charge on any atom is 0.306 e. The third-order valence-corrected chi connectivity index (χ3v) is 5.91. The van der Waals surface area contributed by atoms with Crippen LogP contribution in [0, 0.1) is 12.3 Å². The molecule has 0 aromatic heterocycles. The molecular weight excluding hydrogens is 368 g/mol. The summed E-state index contributed by atoms with van der Waals surface area (Å²) >= 11 is 0. The van der Waals surface area contributed by atoms with Gasteiger partial charge in [-0.25, -0.2) is 8.42 Å². The summed E-state index contributed by atoms with van der Waals surface area (Å²) < 4.78 is 31.6. The minimum absolute atomic E-state index is 0.108. The van der Waals surface area contributed by atoms with E-state index in [0.29, 0.717) is 24.3 Å². The van der Waals surface area contributed by atoms with Crippen molar-refractivity contribution in [3.63, 3.8) is 0 Å². The highest BCUT2D eigenvalue weighted by molar-refractivity contribution is 7.89. The summed E-state index contributed by atoms with van der Waals surface area (Å²) in [6.45, 7) is 11.3. The predicted octanol–water partition coefficient (Wildman–Crippen LogP) is 2.94. The van der Waals surface area contributed by atoms with Crippen molar-refractivity contribution in [1.82, 2.24) is 4.31 Å². The number of hydrogen-bond acceptors (Lipinski definition) is 5. The van der Waals surface area contributed by atoms with Gasteiger partial charge in [0.05, 0.1) is 11.3 Å². The number of aryl methyl sites for hydroxylation is 1. The molecule has 27 heavy (non-hydrogen) atoms. The molecule has 0 spiro atoms. The van der Waals surface area contributed by atoms with Gasteiger partial charge in [0.15, 0.2) is 6.61 Å². The number of nitrogens with zero attached hydrogens (tertiary/aromatic N) is 1. The van der Waals surface area contributed by atoms with Gasteiger partial charge in [0.25, 0.3) is 5.91 Å². The highest BCUT2D eigenvalue weighted by atomic mass is 32.2. The first-order chi connectivity index (χ1) is 12.4. The molecule has 8 heteroatoms. The second kappa shape index (κ2) is 9.32. The van der Waals surface area contributed by atoms with E-state index in [0.717, 1.165) is 0 Å². The standard InChI is InChI=1S/C19H30N2O5S/c1-7-21(8-2)27(24,25)15-10-9-14(3)16(11-15)20-17(22)13-26-18(23)12-19(4,5)6/h9-11H,7-8,12-13H2,1-6H3,(H,20,22). The molecule has 0 bridgehead atoms. The van der Waals surface area contributed by atoms with Crippen LogP contribution in [0.3, 0.4) is 0 Å². The van der Waals surface area contributed by atoms with E-state index in [9.17, 15) is 18.0 Å². The summed E-state index contributed by atoms with van der Waals surface area (Å²) in [6, 6.07) is 4.58. The molecule has 1 rings (SSSR count). The van der Waals surface area contributed by atoms with Crippen molar-refractivity contribution in [2.75, 3.05) is 25.0 Å². The molecule has 152 valence electrons. The number of sulfonamides is 1. The molecule has 0 aliphatic heterocycles. The van der Waals surface area contributed by atoms with Gasteiger partial charge in [-0.1, -0.05) is 40.7 Å². The summed E-state index contributed by atoms with van der Waals surface area (Å²) in [5, 5.41) is 2.62. The molecule has 0 aliphatic rings. The van der Waals surface area contributed by atoms with Gasteiger partial charge >= 0.3 is 5.97 Å². The lowest BCUT2D eigenvalue weighted by Gasteiger charge is -2.19. The van der Waals surface area contributed by atoms with Crippen LogP contribution in [0.25, 0.3) is 0 Å². The number of nitrogens with one attached hydrogen (secondary N) is 1. The first kappa shape index (κ1) is 23.1. The zero-order valence-electron chi connectivity index (χ0n) is 17.0. The fourth-order valence-electron chi connectivity index (χ4n) is 2.43. The van der Waals surface area contributed by atoms with Crippen LogP contribution in [0.15, 0.2) is 23.1 Å². The third-order valence-electron chi connectivity index (χ3n) is 3.87. The Morgan fingerprint density at radius 2 is 1.74 bits per heavy atom. The van der Waals surface area contributed by atoms with Crippen molar-refractivity contribution in [2.24, 2.45) is 5.41 Å². The molecule has 1 aromatic rings. The van der Waals surface area contributed by atoms with E-state index < -0.39 is 28.5 Å². The summed E-state index contributed by atoms with van der Waals surface area (Å²) in [6.07, 6.45) is 0.205. The number of rotatable bonds is 8. The van der Waals surface area contributed by atoms with E-state index in [2.05, 4.69) is 5.32 Å². The van der Waals surface area contributed by atoms with Gasteiger partial charge in [0.2, 0.25) is 10.0 Å². The molecule has 0 aliphatic carbocycles. The number of hydrogen-bond donors (Lipinski definition) is 1. The van der Waals surface area contributed by atoms with Crippen LogP contribution >= 0.6 is 0 Å². The van der Waals surface area contributed by atoms with Crippen molar-refractivity contribution in [3.8, 4) is 0 Å². The number of carbonyl (C=O) groups excluding carboxylic acids is 2. The first-order valence-corrected chi connectivity index (χ1v) is 10.4. The van der Waals surface area contributed by atoms with Gasteiger partial charge in [0.1, 0.15) is 0 Å². The fourth-order valence-corrected chi connectivity index (χ4v) is 3.91. The number of amides is 1. The van der Waals surface area contributed by atoms with Crippen LogP contribution in [-0.4, -0.2) is 44.3 Å². The first-order valence-electron chi connectivity index (χ1n) is 8.97. The molecule has 1 N–H and O–H groups in total. The van der Waals surface area contributed by atoms with Crippen LogP contribution in [0.1, 0.15) is 46.6 Å². The van der Waals surface area contributed by atoms with Crippen LogP contribution in [0.2, 0.25) is 0 Å². The number of benzene rings is 1. The van der Waals surface area contributed by atoms with Crippen molar-refractivity contribution in [2.45, 2.75) is 52.9 Å². The Hall–Kier alpha value is -1.93. The zero-order valence-corrected chi connectivity index (χ0v) is 17.8. The van der Waals surface area contributed by atoms with E-state index >= 15 is 0 Å². The van der Waals surface area contributed by atoms with Crippen molar-refractivity contribution >= 4 is 27.6 Å². The van der Waals surface area contributed by atoms with Crippen LogP contribution in [0.5, 0.6) is 0 Å². The summed E-state index contributed by atoms with van der Waals surface area (Å²) in [5.41, 5.74) is 0.861. The van der Waals surface area contributed by atoms with Gasteiger partial charge < -0.3 is 10.1 Å². The Balaban J connectivity index is 2.87. The van der Waals surface area contributed by atoms with Gasteiger partial charge in [-0.2, -0.15) is 4.31 Å². The minimum atomic E-state index is -3.63. The number of carbonyl (C=O) groups is 2. The second-order valence-electron chi connectivity index (χ2n) is 7.51. The van der Waals surface area contributed by atoms with Crippen molar-refractivity contribution in [1.29, 1.82) is 0 Å². The molecule has 0 saturated heterocycles. The summed E-state index contributed by atoms with van der Waals surface area (Å²) in [7, 11) is -3.63. The molecule has 0 heterocycles. The van der Waals surface area contributed by atoms with Gasteiger partial charge in [-0.3, -0.25) is 9.59 Å². The average molecular weight is 399 g/mol. The van der Waals surface area contributed by atoms with Crippen LogP contribution in [0.4, 0.5) is 5.69 Å². The van der Waals surface area contributed by atoms with Crippen molar-refractivity contribution < 1.29 is 22.7 Å². The van der Waals surface area contributed by atoms with E-state index in [1.54, 1.807) is 26.8 Å². The molecule has 0 unspecified atom stereocenters. The predicted molar refractivity (Wildman–Crippen MR) is 105 cm³/mol. The highest BCUT2D eigenvalue weighted by Gasteiger charge is 2.23. The molecule has 0 atom stereocenters. The molecular formula is C19H30N2O5S. The summed E-state index contributed by atoms with van der Waals surface area (Å²) in [4.78, 5) is 23.9. The Labute approximate surface area is 162 Å². The highest BCUT2D eigenvalue weighted by Crippen LogP contribution is 2.23. The van der Waals surface area contributed by atoms with Gasteiger partial charge in [0, 0.05) is 18.8 Å². The maximum atomic E-state index is 12.6. The Morgan fingerprint density at radius 1 is 1.15 bits per heavy atom. The SMILES string of the molecule is CCN(CC)S(=O)(=O)c1ccc(C)c(NC(=O)COC(=O)CC(C)(C)C)c1. The van der Waals surface area contributed by atoms with Crippen LogP contribution in [-0.2, 0) is 24.3 Å². The maximum absolute atomic E-state index is 12.6. The topological polar surface area (TPSA) is 92.8 Å². The lowest BCUT2D eigenvalue weighted by molar-refractivity contribution is -0.149. The molecule has 1 amide bonds. The van der Waals surface area contributed by atoms with Crippen molar-refractivity contribution in [3.05, 3.63) is 23.8 Å². The quantitative estimate of drug-likeness (QED) is 0.680. The molecule has 0 fully saturated rings. The normalized spacial score (nSPS) is 12.1. The van der Waals surface area contributed by atoms with E-state index in [1.807, 2.05) is 20.8 Å². The number of anilines is 1. The number of ether oxygens (including phenoxy) is 1. The third kappa shape index (κ3) is 6.95. The van der Waals surface area contributed by atoms with Gasteiger partial charge in [-0.15, -0.1) is 0 Å². The molecule has 0 radical (unpaired) electrons. The fraction of sp³-hybridized carbons (Fsp3) is 0.579. The Kier molecular flexibility index (Phi) is 7.98. The summed E-state index contributed by atoms with van der Waals surface area (Å²) in [5.74, 6) is -0.968. The Bertz CT molecular complexity index is 778. The minimum Gasteiger partial charge on any atom is -0.456 e. The Morgan fingerprint density at radius 3 is 2.26 bits per heavy atom. The number of esters is 1. The largest absolute Gasteiger partial charge is 0.456 e. The molecule has 0 saturated carbocycles. The molecule has 1 aromatic carbocycles.